The summed E-state index contributed by atoms with van der Waals surface area (Å²) in [6.07, 6.45) is 0. The van der Waals surface area contributed by atoms with Crippen LogP contribution in [0.15, 0.2) is 82.2 Å². The summed E-state index contributed by atoms with van der Waals surface area (Å²) >= 11 is 0. The molecule has 4 rings (SSSR count). The summed E-state index contributed by atoms with van der Waals surface area (Å²) in [4.78, 5) is 12.8. The minimum atomic E-state index is -3.96. The largest absolute Gasteiger partial charge is 0.360 e. The molecule has 0 bridgehead atoms. The van der Waals surface area contributed by atoms with Gasteiger partial charge in [-0.2, -0.15) is 0 Å². The van der Waals surface area contributed by atoms with Gasteiger partial charge in [-0.05, 0) is 73.7 Å². The van der Waals surface area contributed by atoms with Gasteiger partial charge in [-0.25, -0.2) is 17.2 Å². The monoisotopic (exact) mass is 469 g/mol. The van der Waals surface area contributed by atoms with Gasteiger partial charge >= 0.3 is 0 Å². The fourth-order valence-electron chi connectivity index (χ4n) is 3.12. The number of rotatable bonds is 6. The minimum Gasteiger partial charge on any atom is -0.360 e. The van der Waals surface area contributed by atoms with Crippen LogP contribution in [0.4, 0.5) is 20.2 Å². The van der Waals surface area contributed by atoms with E-state index in [1.807, 2.05) is 0 Å². The van der Waals surface area contributed by atoms with E-state index in [0.29, 0.717) is 11.3 Å². The van der Waals surface area contributed by atoms with Gasteiger partial charge in [0, 0.05) is 11.3 Å². The van der Waals surface area contributed by atoms with E-state index in [9.17, 15) is 22.0 Å². The van der Waals surface area contributed by atoms with Crippen LogP contribution >= 0.6 is 0 Å². The normalized spacial score (nSPS) is 11.2. The van der Waals surface area contributed by atoms with Crippen molar-refractivity contribution in [3.63, 3.8) is 0 Å². The molecule has 0 fully saturated rings. The van der Waals surface area contributed by atoms with Gasteiger partial charge < -0.3 is 9.84 Å². The number of hydrogen-bond donors (Lipinski definition) is 2. The summed E-state index contributed by atoms with van der Waals surface area (Å²) in [6.45, 7) is 1.57. The van der Waals surface area contributed by atoms with Crippen LogP contribution in [0.25, 0.3) is 11.3 Å². The molecule has 1 heterocycles. The molecule has 3 aromatic carbocycles. The maximum absolute atomic E-state index is 13.3. The van der Waals surface area contributed by atoms with E-state index in [4.69, 9.17) is 4.52 Å². The number of aryl methyl sites for hydroxylation is 1. The van der Waals surface area contributed by atoms with E-state index in [1.165, 1.54) is 66.7 Å². The average molecular weight is 469 g/mol. The lowest BCUT2D eigenvalue weighted by Gasteiger charge is -2.10. The van der Waals surface area contributed by atoms with Gasteiger partial charge in [0.25, 0.3) is 15.9 Å². The Morgan fingerprint density at radius 3 is 2.27 bits per heavy atom. The molecular weight excluding hydrogens is 452 g/mol. The van der Waals surface area contributed by atoms with Crippen LogP contribution < -0.4 is 10.0 Å². The van der Waals surface area contributed by atoms with Gasteiger partial charge in [0.15, 0.2) is 0 Å². The second kappa shape index (κ2) is 8.83. The molecule has 0 saturated heterocycles. The molecule has 10 heteroatoms. The first-order valence-corrected chi connectivity index (χ1v) is 11.1. The third-order valence-electron chi connectivity index (χ3n) is 4.71. The van der Waals surface area contributed by atoms with E-state index in [0.717, 1.165) is 6.07 Å². The topological polar surface area (TPSA) is 101 Å². The zero-order valence-corrected chi connectivity index (χ0v) is 18.0. The van der Waals surface area contributed by atoms with E-state index >= 15 is 0 Å². The van der Waals surface area contributed by atoms with E-state index in [-0.39, 0.29) is 27.6 Å². The Bertz CT molecular complexity index is 1420. The molecule has 4 aromatic rings. The number of carbonyl (C=O) groups is 1. The van der Waals surface area contributed by atoms with Crippen molar-refractivity contribution in [3.05, 3.63) is 95.8 Å². The van der Waals surface area contributed by atoms with Crippen LogP contribution in [0.1, 0.15) is 16.1 Å². The van der Waals surface area contributed by atoms with E-state index in [2.05, 4.69) is 15.2 Å². The van der Waals surface area contributed by atoms with Crippen LogP contribution in [0.3, 0.4) is 0 Å². The van der Waals surface area contributed by atoms with Gasteiger partial charge in [0.2, 0.25) is 0 Å². The molecule has 0 saturated carbocycles. The highest BCUT2D eigenvalue weighted by atomic mass is 32.2. The minimum absolute atomic E-state index is 0.0714. The maximum atomic E-state index is 13.3. The van der Waals surface area contributed by atoms with Crippen molar-refractivity contribution >= 4 is 27.3 Å². The first kappa shape index (κ1) is 22.2. The van der Waals surface area contributed by atoms with Crippen molar-refractivity contribution in [2.24, 2.45) is 0 Å². The highest BCUT2D eigenvalue weighted by molar-refractivity contribution is 7.92. The standard InChI is InChI=1S/C23H17F2N3O4S/c1-14-21(22(27-32-14)15-5-7-16(24)8-6-15)23(29)26-18-9-11-20(12-10-18)33(30,31)28-19-4-2-3-17(25)13-19/h2-13,28H,1H3,(H,26,29). The van der Waals surface area contributed by atoms with Crippen molar-refractivity contribution in [1.82, 2.24) is 5.16 Å². The van der Waals surface area contributed by atoms with Crippen molar-refractivity contribution < 1.29 is 26.5 Å². The predicted molar refractivity (Wildman–Crippen MR) is 118 cm³/mol. The van der Waals surface area contributed by atoms with Crippen LogP contribution in [0.2, 0.25) is 0 Å². The van der Waals surface area contributed by atoms with Crippen molar-refractivity contribution in [2.45, 2.75) is 11.8 Å². The molecule has 0 spiro atoms. The summed E-state index contributed by atoms with van der Waals surface area (Å²) in [7, 11) is -3.96. The maximum Gasteiger partial charge on any atom is 0.261 e. The Kier molecular flexibility index (Phi) is 5.93. The van der Waals surface area contributed by atoms with Crippen molar-refractivity contribution in [3.8, 4) is 11.3 Å². The summed E-state index contributed by atoms with van der Waals surface area (Å²) in [5.74, 6) is -1.25. The number of aromatic nitrogens is 1. The van der Waals surface area contributed by atoms with Crippen molar-refractivity contribution in [1.29, 1.82) is 0 Å². The van der Waals surface area contributed by atoms with Crippen LogP contribution in [-0.4, -0.2) is 19.5 Å². The van der Waals surface area contributed by atoms with Gasteiger partial charge in [-0.1, -0.05) is 11.2 Å². The highest BCUT2D eigenvalue weighted by Gasteiger charge is 2.22. The number of benzene rings is 3. The summed E-state index contributed by atoms with van der Waals surface area (Å²) in [5, 5.41) is 6.56. The molecule has 0 atom stereocenters. The van der Waals surface area contributed by atoms with Crippen LogP contribution in [0.5, 0.6) is 0 Å². The molecule has 0 aliphatic carbocycles. The lowest BCUT2D eigenvalue weighted by molar-refractivity contribution is 0.102. The molecule has 0 aliphatic heterocycles. The predicted octanol–water partition coefficient (Wildman–Crippen LogP) is 4.98. The Morgan fingerprint density at radius 2 is 1.61 bits per heavy atom. The zero-order valence-electron chi connectivity index (χ0n) is 17.2. The molecule has 33 heavy (non-hydrogen) atoms. The quantitative estimate of drug-likeness (QED) is 0.415. The summed E-state index contributed by atoms with van der Waals surface area (Å²) < 4.78 is 59.1. The number of carbonyl (C=O) groups excluding carboxylic acids is 1. The molecule has 1 aromatic heterocycles. The molecule has 0 aliphatic rings. The highest BCUT2D eigenvalue weighted by Crippen LogP contribution is 2.27. The van der Waals surface area contributed by atoms with E-state index in [1.54, 1.807) is 6.92 Å². The second-order valence-corrected chi connectivity index (χ2v) is 8.75. The molecule has 0 radical (unpaired) electrons. The number of sulfonamides is 1. The first-order chi connectivity index (χ1) is 15.7. The smallest absolute Gasteiger partial charge is 0.261 e. The van der Waals surface area contributed by atoms with E-state index < -0.39 is 27.6 Å². The molecule has 7 nitrogen and oxygen atoms in total. The third kappa shape index (κ3) is 4.90. The van der Waals surface area contributed by atoms with Gasteiger partial charge in [0.05, 0.1) is 10.6 Å². The Labute approximate surface area is 188 Å². The molecule has 0 unspecified atom stereocenters. The Morgan fingerprint density at radius 1 is 0.909 bits per heavy atom. The van der Waals surface area contributed by atoms with Gasteiger partial charge in [0.1, 0.15) is 28.7 Å². The molecular formula is C23H17F2N3O4S. The van der Waals surface area contributed by atoms with Crippen molar-refractivity contribution in [2.75, 3.05) is 10.0 Å². The molecule has 2 N–H and O–H groups in total. The third-order valence-corrected chi connectivity index (χ3v) is 6.10. The van der Waals surface area contributed by atoms with Gasteiger partial charge in [-0.15, -0.1) is 0 Å². The average Bonchev–Trinajstić information content (AvgIpc) is 3.16. The zero-order chi connectivity index (χ0) is 23.6. The number of nitrogens with one attached hydrogen (secondary N) is 2. The van der Waals surface area contributed by atoms with Gasteiger partial charge in [-0.3, -0.25) is 9.52 Å². The number of halogens is 2. The lowest BCUT2D eigenvalue weighted by atomic mass is 10.1. The fourth-order valence-corrected chi connectivity index (χ4v) is 4.17. The second-order valence-electron chi connectivity index (χ2n) is 7.06. The molecule has 1 amide bonds. The number of nitrogens with zero attached hydrogens (tertiary/aromatic N) is 1. The fraction of sp³-hybridized carbons (Fsp3) is 0.0435. The summed E-state index contributed by atoms with van der Waals surface area (Å²) in [5.41, 5.74) is 1.34. The first-order valence-electron chi connectivity index (χ1n) is 9.65. The lowest BCUT2D eigenvalue weighted by Crippen LogP contribution is -2.15. The SMILES string of the molecule is Cc1onc(-c2ccc(F)cc2)c1C(=O)Nc1ccc(S(=O)(=O)Nc2cccc(F)c2)cc1. The Hall–Kier alpha value is -4.05. The number of anilines is 2. The Balaban J connectivity index is 1.52. The summed E-state index contributed by atoms with van der Waals surface area (Å²) in [6, 6.07) is 16.0. The van der Waals surface area contributed by atoms with Crippen LogP contribution in [-0.2, 0) is 10.0 Å². The number of amides is 1. The number of hydrogen-bond acceptors (Lipinski definition) is 5. The van der Waals surface area contributed by atoms with Crippen LogP contribution in [0, 0.1) is 18.6 Å². The molecule has 168 valence electrons.